The molecule has 1 nitrogen and oxygen atoms in total. The Bertz CT molecular complexity index is 272. The molecule has 2 aliphatic heterocycles. The first kappa shape index (κ1) is 6.87. The lowest BCUT2D eigenvalue weighted by Gasteiger charge is -2.13. The van der Waals surface area contributed by atoms with Crippen LogP contribution in [0.2, 0.25) is 0 Å². The van der Waals surface area contributed by atoms with Crippen LogP contribution >= 0.6 is 0 Å². The van der Waals surface area contributed by atoms with Gasteiger partial charge >= 0.3 is 0 Å². The topological polar surface area (TPSA) is 3.24 Å². The molecule has 2 heterocycles. The van der Waals surface area contributed by atoms with Crippen molar-refractivity contribution < 1.29 is 8.78 Å². The van der Waals surface area contributed by atoms with Gasteiger partial charge in [-0.1, -0.05) is 6.08 Å². The number of fused-ring (bicyclic) bond motifs is 1. The van der Waals surface area contributed by atoms with Gasteiger partial charge in [-0.25, -0.2) is 8.78 Å². The van der Waals surface area contributed by atoms with Crippen LogP contribution in [-0.2, 0) is 0 Å². The Labute approximate surface area is 70.0 Å². The number of halogens is 2. The van der Waals surface area contributed by atoms with E-state index in [0.29, 0.717) is 13.0 Å². The van der Waals surface area contributed by atoms with Crippen molar-refractivity contribution >= 4 is 0 Å². The third-order valence-electron chi connectivity index (χ3n) is 3.41. The number of alkyl halides is 2. The zero-order chi connectivity index (χ0) is 8.40. The van der Waals surface area contributed by atoms with E-state index in [9.17, 15) is 8.78 Å². The van der Waals surface area contributed by atoms with E-state index in [1.54, 1.807) is 0 Å². The van der Waals surface area contributed by atoms with Crippen molar-refractivity contribution in [1.82, 2.24) is 4.90 Å². The molecule has 0 aromatic heterocycles. The molecular weight excluding hydrogens is 160 g/mol. The van der Waals surface area contributed by atoms with Crippen molar-refractivity contribution in [2.75, 3.05) is 13.1 Å². The molecule has 0 amide bonds. The average molecular weight is 171 g/mol. The van der Waals surface area contributed by atoms with E-state index < -0.39 is 11.3 Å². The first-order valence-corrected chi connectivity index (χ1v) is 4.45. The fraction of sp³-hybridized carbons (Fsp3) is 0.778. The Hall–Kier alpha value is -0.600. The molecule has 3 rings (SSSR count). The van der Waals surface area contributed by atoms with Gasteiger partial charge in [0.1, 0.15) is 0 Å². The molecule has 1 atom stereocenters. The van der Waals surface area contributed by atoms with E-state index in [1.807, 2.05) is 0 Å². The maximum absolute atomic E-state index is 12.9. The summed E-state index contributed by atoms with van der Waals surface area (Å²) in [5, 5.41) is 0. The van der Waals surface area contributed by atoms with Crippen molar-refractivity contribution in [2.24, 2.45) is 5.41 Å². The van der Waals surface area contributed by atoms with Gasteiger partial charge in [0.2, 0.25) is 0 Å². The van der Waals surface area contributed by atoms with Crippen LogP contribution < -0.4 is 0 Å². The summed E-state index contributed by atoms with van der Waals surface area (Å²) in [5.74, 6) is -2.36. The SMILES string of the molecule is FC1(F)C[C@]12CC1=CCCN1C2. The third kappa shape index (κ3) is 0.632. The van der Waals surface area contributed by atoms with Crippen molar-refractivity contribution in [1.29, 1.82) is 0 Å². The highest BCUT2D eigenvalue weighted by Crippen LogP contribution is 2.67. The number of nitrogens with zero attached hydrogens (tertiary/aromatic N) is 1. The summed E-state index contributed by atoms with van der Waals surface area (Å²) in [5.41, 5.74) is 0.534. The normalized spacial score (nSPS) is 41.8. The van der Waals surface area contributed by atoms with Crippen LogP contribution in [0.25, 0.3) is 0 Å². The predicted octanol–water partition coefficient (Wildman–Crippen LogP) is 2.01. The smallest absolute Gasteiger partial charge is 0.256 e. The first-order chi connectivity index (χ1) is 5.63. The number of hydrogen-bond acceptors (Lipinski definition) is 1. The van der Waals surface area contributed by atoms with Crippen molar-refractivity contribution in [2.45, 2.75) is 25.2 Å². The Balaban J connectivity index is 1.89. The molecule has 0 N–H and O–H groups in total. The standard InChI is InChI=1S/C9H11F2N/c10-9(11)5-8(9)4-7-2-1-3-12(7)6-8/h2H,1,3-6H2/t8-/m0/s1. The molecular formula is C9H11F2N. The second-order valence-corrected chi connectivity index (χ2v) is 4.24. The molecule has 3 aliphatic rings. The van der Waals surface area contributed by atoms with Crippen molar-refractivity contribution in [3.63, 3.8) is 0 Å². The van der Waals surface area contributed by atoms with E-state index >= 15 is 0 Å². The molecule has 1 saturated heterocycles. The van der Waals surface area contributed by atoms with E-state index in [0.717, 1.165) is 13.0 Å². The van der Waals surface area contributed by atoms with E-state index in [1.165, 1.54) is 5.70 Å². The Morgan fingerprint density at radius 2 is 2.17 bits per heavy atom. The summed E-state index contributed by atoms with van der Waals surface area (Å²) in [6.45, 7) is 1.57. The van der Waals surface area contributed by atoms with Crippen LogP contribution in [0.1, 0.15) is 19.3 Å². The lowest BCUT2D eigenvalue weighted by atomic mass is 10.0. The minimum absolute atomic E-state index is 0.119. The Morgan fingerprint density at radius 3 is 2.75 bits per heavy atom. The molecule has 12 heavy (non-hydrogen) atoms. The number of allylic oxidation sites excluding steroid dienone is 1. The van der Waals surface area contributed by atoms with Crippen LogP contribution in [0.4, 0.5) is 8.78 Å². The minimum atomic E-state index is -2.36. The van der Waals surface area contributed by atoms with Gasteiger partial charge in [0.05, 0.1) is 5.41 Å². The van der Waals surface area contributed by atoms with E-state index in [-0.39, 0.29) is 6.42 Å². The van der Waals surface area contributed by atoms with Gasteiger partial charge in [-0.2, -0.15) is 0 Å². The zero-order valence-electron chi connectivity index (χ0n) is 6.82. The van der Waals surface area contributed by atoms with Gasteiger partial charge in [-0.15, -0.1) is 0 Å². The highest BCUT2D eigenvalue weighted by atomic mass is 19.3. The Morgan fingerprint density at radius 1 is 1.42 bits per heavy atom. The van der Waals surface area contributed by atoms with Gasteiger partial charge in [-0.05, 0) is 6.42 Å². The fourth-order valence-electron chi connectivity index (χ4n) is 2.54. The molecule has 0 aromatic rings. The minimum Gasteiger partial charge on any atom is -0.374 e. The molecule has 0 bridgehead atoms. The largest absolute Gasteiger partial charge is 0.374 e. The second kappa shape index (κ2) is 1.68. The Kier molecular flexibility index (Phi) is 0.960. The van der Waals surface area contributed by atoms with Crippen LogP contribution in [0.3, 0.4) is 0 Å². The zero-order valence-corrected chi connectivity index (χ0v) is 6.82. The highest BCUT2D eigenvalue weighted by Gasteiger charge is 2.73. The molecule has 0 aromatic carbocycles. The lowest BCUT2D eigenvalue weighted by molar-refractivity contribution is 0.0663. The van der Waals surface area contributed by atoms with E-state index in [2.05, 4.69) is 11.0 Å². The van der Waals surface area contributed by atoms with Gasteiger partial charge in [0.25, 0.3) is 5.92 Å². The fourth-order valence-corrected chi connectivity index (χ4v) is 2.54. The summed E-state index contributed by atoms with van der Waals surface area (Å²) in [7, 11) is 0. The number of rotatable bonds is 0. The summed E-state index contributed by atoms with van der Waals surface area (Å²) in [6.07, 6.45) is 3.91. The van der Waals surface area contributed by atoms with Crippen molar-refractivity contribution in [3.8, 4) is 0 Å². The summed E-state index contributed by atoms with van der Waals surface area (Å²) < 4.78 is 25.9. The number of hydrogen-bond donors (Lipinski definition) is 0. The van der Waals surface area contributed by atoms with Crippen LogP contribution in [0, 0.1) is 5.41 Å². The maximum Gasteiger partial charge on any atom is 0.256 e. The van der Waals surface area contributed by atoms with Gasteiger partial charge < -0.3 is 4.90 Å². The van der Waals surface area contributed by atoms with Crippen molar-refractivity contribution in [3.05, 3.63) is 11.8 Å². The van der Waals surface area contributed by atoms with Crippen LogP contribution in [0.15, 0.2) is 11.8 Å². The molecule has 1 aliphatic carbocycles. The van der Waals surface area contributed by atoms with Gasteiger partial charge in [0.15, 0.2) is 0 Å². The summed E-state index contributed by atoms with van der Waals surface area (Å²) in [4.78, 5) is 2.13. The first-order valence-electron chi connectivity index (χ1n) is 4.45. The van der Waals surface area contributed by atoms with Crippen LogP contribution in [-0.4, -0.2) is 23.9 Å². The maximum atomic E-state index is 12.9. The highest BCUT2D eigenvalue weighted by molar-refractivity contribution is 5.27. The van der Waals surface area contributed by atoms with E-state index in [4.69, 9.17) is 0 Å². The molecule has 2 fully saturated rings. The molecule has 1 saturated carbocycles. The monoisotopic (exact) mass is 171 g/mol. The second-order valence-electron chi connectivity index (χ2n) is 4.24. The van der Waals surface area contributed by atoms with Crippen LogP contribution in [0.5, 0.6) is 0 Å². The molecule has 1 spiro atoms. The van der Waals surface area contributed by atoms with Gasteiger partial charge in [-0.3, -0.25) is 0 Å². The molecule has 0 radical (unpaired) electrons. The average Bonchev–Trinajstić information content (AvgIpc) is 2.26. The third-order valence-corrected chi connectivity index (χ3v) is 3.41. The molecule has 66 valence electrons. The predicted molar refractivity (Wildman–Crippen MR) is 40.9 cm³/mol. The molecule has 3 heteroatoms. The molecule has 0 unspecified atom stereocenters. The quantitative estimate of drug-likeness (QED) is 0.539. The summed E-state index contributed by atoms with van der Waals surface area (Å²) >= 11 is 0. The lowest BCUT2D eigenvalue weighted by Crippen LogP contribution is -2.20. The summed E-state index contributed by atoms with van der Waals surface area (Å²) in [6, 6.07) is 0. The van der Waals surface area contributed by atoms with Gasteiger partial charge in [0, 0.05) is 31.6 Å².